The minimum absolute atomic E-state index is 0.326. The maximum atomic E-state index is 9.34. The first kappa shape index (κ1) is 7.26. The number of aliphatic imine (C=N–C) groups is 1. The maximum Gasteiger partial charge on any atom is 0.168 e. The van der Waals surface area contributed by atoms with E-state index in [2.05, 4.69) is 9.89 Å². The summed E-state index contributed by atoms with van der Waals surface area (Å²) in [5, 5.41) is 10.4. The Kier molecular flexibility index (Phi) is 1.35. The van der Waals surface area contributed by atoms with Crippen LogP contribution >= 0.6 is 11.8 Å². The number of phenolic OH excluding ortho intramolecular Hbond substituents is 1. The molecule has 0 amide bonds. The molecule has 3 rings (SSSR count). The molecule has 0 atom stereocenters. The minimum Gasteiger partial charge on any atom is -0.508 e. The first-order chi connectivity index (χ1) is 6.34. The van der Waals surface area contributed by atoms with Gasteiger partial charge in [-0.15, -0.1) is 0 Å². The van der Waals surface area contributed by atoms with Crippen molar-refractivity contribution >= 4 is 22.6 Å². The molecule has 1 aromatic rings. The zero-order chi connectivity index (χ0) is 8.84. The highest BCUT2D eigenvalue weighted by molar-refractivity contribution is 8.14. The van der Waals surface area contributed by atoms with Crippen molar-refractivity contribution in [2.45, 2.75) is 4.90 Å². The number of phenols is 1. The van der Waals surface area contributed by atoms with E-state index < -0.39 is 0 Å². The van der Waals surface area contributed by atoms with Gasteiger partial charge in [-0.1, -0.05) is 0 Å². The van der Waals surface area contributed by atoms with Crippen LogP contribution in [0.5, 0.6) is 5.75 Å². The van der Waals surface area contributed by atoms with E-state index in [4.69, 9.17) is 0 Å². The van der Waals surface area contributed by atoms with Crippen LogP contribution in [0, 0.1) is 0 Å². The third-order valence-corrected chi connectivity index (χ3v) is 3.33. The van der Waals surface area contributed by atoms with E-state index in [0.717, 1.165) is 23.9 Å². The van der Waals surface area contributed by atoms with Crippen molar-refractivity contribution in [1.29, 1.82) is 0 Å². The second-order valence-electron chi connectivity index (χ2n) is 3.07. The van der Waals surface area contributed by atoms with Gasteiger partial charge in [0.1, 0.15) is 5.75 Å². The summed E-state index contributed by atoms with van der Waals surface area (Å²) in [4.78, 5) is 7.71. The number of thioether (sulfide) groups is 1. The SMILES string of the molecule is Oc1ccc2c(c1)N1CCN=C1S2. The van der Waals surface area contributed by atoms with E-state index in [1.165, 1.54) is 4.90 Å². The normalized spacial score (nSPS) is 18.5. The van der Waals surface area contributed by atoms with Crippen LogP contribution in [0.4, 0.5) is 5.69 Å². The molecule has 0 aliphatic carbocycles. The predicted octanol–water partition coefficient (Wildman–Crippen LogP) is 1.67. The summed E-state index contributed by atoms with van der Waals surface area (Å²) < 4.78 is 0. The van der Waals surface area contributed by atoms with Crippen molar-refractivity contribution in [3.63, 3.8) is 0 Å². The van der Waals surface area contributed by atoms with Crippen molar-refractivity contribution in [2.75, 3.05) is 18.0 Å². The first-order valence-electron chi connectivity index (χ1n) is 4.17. The topological polar surface area (TPSA) is 35.8 Å². The Morgan fingerprint density at radius 2 is 2.38 bits per heavy atom. The van der Waals surface area contributed by atoms with Gasteiger partial charge in [0.05, 0.1) is 12.2 Å². The van der Waals surface area contributed by atoms with Crippen LogP contribution in [0.25, 0.3) is 0 Å². The molecule has 0 fully saturated rings. The van der Waals surface area contributed by atoms with Gasteiger partial charge in [0.25, 0.3) is 0 Å². The van der Waals surface area contributed by atoms with E-state index in [1.54, 1.807) is 23.9 Å². The molecule has 66 valence electrons. The van der Waals surface area contributed by atoms with Crippen LogP contribution < -0.4 is 4.90 Å². The van der Waals surface area contributed by atoms with Crippen molar-refractivity contribution < 1.29 is 5.11 Å². The Hall–Kier alpha value is -1.16. The van der Waals surface area contributed by atoms with Crippen LogP contribution in [-0.2, 0) is 0 Å². The van der Waals surface area contributed by atoms with Gasteiger partial charge in [-0.05, 0) is 23.9 Å². The van der Waals surface area contributed by atoms with Gasteiger partial charge >= 0.3 is 0 Å². The van der Waals surface area contributed by atoms with E-state index in [1.807, 2.05) is 6.07 Å². The summed E-state index contributed by atoms with van der Waals surface area (Å²) in [6, 6.07) is 5.46. The lowest BCUT2D eigenvalue weighted by Crippen LogP contribution is -2.20. The Morgan fingerprint density at radius 3 is 3.31 bits per heavy atom. The quantitative estimate of drug-likeness (QED) is 0.679. The monoisotopic (exact) mass is 192 g/mol. The fourth-order valence-corrected chi connectivity index (χ4v) is 2.70. The van der Waals surface area contributed by atoms with E-state index in [-0.39, 0.29) is 0 Å². The van der Waals surface area contributed by atoms with Gasteiger partial charge < -0.3 is 10.0 Å². The maximum absolute atomic E-state index is 9.34. The van der Waals surface area contributed by atoms with Crippen LogP contribution in [0.3, 0.4) is 0 Å². The number of nitrogens with zero attached hydrogens (tertiary/aromatic N) is 2. The van der Waals surface area contributed by atoms with Crippen molar-refractivity contribution in [2.24, 2.45) is 4.99 Å². The largest absolute Gasteiger partial charge is 0.508 e. The van der Waals surface area contributed by atoms with Gasteiger partial charge in [-0.25, -0.2) is 0 Å². The summed E-state index contributed by atoms with van der Waals surface area (Å²) in [6.45, 7) is 1.82. The molecular formula is C9H8N2OS. The number of amidine groups is 1. The lowest BCUT2D eigenvalue weighted by Gasteiger charge is -2.11. The average Bonchev–Trinajstić information content (AvgIpc) is 2.64. The van der Waals surface area contributed by atoms with Gasteiger partial charge in [0, 0.05) is 17.5 Å². The number of rotatable bonds is 0. The van der Waals surface area contributed by atoms with Gasteiger partial charge in [0.2, 0.25) is 0 Å². The summed E-state index contributed by atoms with van der Waals surface area (Å²) in [5.41, 5.74) is 1.10. The molecule has 2 aliphatic rings. The van der Waals surface area contributed by atoms with Crippen LogP contribution in [0.2, 0.25) is 0 Å². The van der Waals surface area contributed by atoms with Crippen LogP contribution in [0.15, 0.2) is 28.1 Å². The molecule has 1 N–H and O–H groups in total. The highest BCUT2D eigenvalue weighted by Crippen LogP contribution is 2.43. The second-order valence-corrected chi connectivity index (χ2v) is 4.08. The first-order valence-corrected chi connectivity index (χ1v) is 4.99. The molecule has 0 unspecified atom stereocenters. The molecule has 0 radical (unpaired) electrons. The Bertz CT molecular complexity index is 403. The van der Waals surface area contributed by atoms with Gasteiger partial charge in [-0.3, -0.25) is 4.99 Å². The van der Waals surface area contributed by atoms with E-state index in [9.17, 15) is 5.11 Å². The van der Waals surface area contributed by atoms with E-state index in [0.29, 0.717) is 5.75 Å². The standard InChI is InChI=1S/C9H8N2OS/c12-6-1-2-8-7(5-6)11-4-3-10-9(11)13-8/h1-2,5,12H,3-4H2. The van der Waals surface area contributed by atoms with Crippen LogP contribution in [-0.4, -0.2) is 23.4 Å². The number of aromatic hydroxyl groups is 1. The molecule has 4 heteroatoms. The second kappa shape index (κ2) is 2.42. The molecule has 0 saturated carbocycles. The molecule has 3 nitrogen and oxygen atoms in total. The summed E-state index contributed by atoms with van der Waals surface area (Å²) in [7, 11) is 0. The smallest absolute Gasteiger partial charge is 0.168 e. The van der Waals surface area contributed by atoms with E-state index >= 15 is 0 Å². The fraction of sp³-hybridized carbons (Fsp3) is 0.222. The fourth-order valence-electron chi connectivity index (χ4n) is 1.64. The molecular weight excluding hydrogens is 184 g/mol. The summed E-state index contributed by atoms with van der Waals surface area (Å²) >= 11 is 1.68. The number of anilines is 1. The highest BCUT2D eigenvalue weighted by atomic mass is 32.2. The predicted molar refractivity (Wildman–Crippen MR) is 53.6 cm³/mol. The molecule has 2 aliphatic heterocycles. The molecule has 2 heterocycles. The Morgan fingerprint density at radius 1 is 1.46 bits per heavy atom. The zero-order valence-corrected chi connectivity index (χ0v) is 7.71. The zero-order valence-electron chi connectivity index (χ0n) is 6.90. The lowest BCUT2D eigenvalue weighted by molar-refractivity contribution is 0.475. The van der Waals surface area contributed by atoms with Crippen molar-refractivity contribution in [1.82, 2.24) is 0 Å². The lowest BCUT2D eigenvalue weighted by atomic mass is 10.3. The van der Waals surface area contributed by atoms with Crippen molar-refractivity contribution in [3.05, 3.63) is 18.2 Å². The van der Waals surface area contributed by atoms with Crippen LogP contribution in [0.1, 0.15) is 0 Å². The number of hydrogen-bond donors (Lipinski definition) is 1. The highest BCUT2D eigenvalue weighted by Gasteiger charge is 2.29. The molecule has 0 saturated heterocycles. The summed E-state index contributed by atoms with van der Waals surface area (Å²) in [5.74, 6) is 0.326. The molecule has 13 heavy (non-hydrogen) atoms. The third kappa shape index (κ3) is 0.951. The molecule has 1 aromatic carbocycles. The molecule has 0 spiro atoms. The molecule has 0 aromatic heterocycles. The Balaban J connectivity index is 2.16. The third-order valence-electron chi connectivity index (χ3n) is 2.24. The van der Waals surface area contributed by atoms with Gasteiger partial charge in [0.15, 0.2) is 5.17 Å². The minimum atomic E-state index is 0.326. The van der Waals surface area contributed by atoms with Gasteiger partial charge in [-0.2, -0.15) is 0 Å². The Labute approximate surface area is 80.1 Å². The number of benzene rings is 1. The molecule has 0 bridgehead atoms. The summed E-state index contributed by atoms with van der Waals surface area (Å²) in [6.07, 6.45) is 0. The number of fused-ring (bicyclic) bond motifs is 3. The average molecular weight is 192 g/mol. The van der Waals surface area contributed by atoms with Crippen molar-refractivity contribution in [3.8, 4) is 5.75 Å². The number of hydrogen-bond acceptors (Lipinski definition) is 4.